The molecule has 0 bridgehead atoms. The van der Waals surface area contributed by atoms with Crippen LogP contribution in [-0.4, -0.2) is 27.1 Å². The van der Waals surface area contributed by atoms with Crippen LogP contribution in [0.2, 0.25) is 0 Å². The van der Waals surface area contributed by atoms with E-state index in [1.54, 1.807) is 30.3 Å². The number of benzene rings is 2. The Morgan fingerprint density at radius 1 is 0.967 bits per heavy atom. The molecule has 0 radical (unpaired) electrons. The molecule has 8 nitrogen and oxygen atoms in total. The summed E-state index contributed by atoms with van der Waals surface area (Å²) in [5.74, 6) is -2.50. The molecule has 0 atom stereocenters. The average molecular weight is 408 g/mol. The van der Waals surface area contributed by atoms with Gasteiger partial charge in [-0.2, -0.15) is 0 Å². The number of carboxylic acid groups (broad SMARTS) is 2. The number of H-pyrrole nitrogens is 1. The molecule has 0 saturated heterocycles. The maximum absolute atomic E-state index is 12.3. The third-order valence-corrected chi connectivity index (χ3v) is 4.60. The summed E-state index contributed by atoms with van der Waals surface area (Å²) in [5, 5.41) is 19.2. The summed E-state index contributed by atoms with van der Waals surface area (Å²) in [6.07, 6.45) is 0. The predicted octanol–water partition coefficient (Wildman–Crippen LogP) is 3.94. The van der Waals surface area contributed by atoms with Crippen LogP contribution < -0.4 is 16.0 Å². The zero-order valence-electron chi connectivity index (χ0n) is 16.3. The smallest absolute Gasteiger partial charge is 0.342 e. The first-order valence-corrected chi connectivity index (χ1v) is 9.10. The summed E-state index contributed by atoms with van der Waals surface area (Å²) in [7, 11) is 0. The molecular formula is C22H20N2O6. The number of nitrogen functional groups attached to an aromatic ring is 1. The fraction of sp³-hybridized carbons (Fsp3) is 0.136. The van der Waals surface area contributed by atoms with Gasteiger partial charge in [0, 0.05) is 11.1 Å². The van der Waals surface area contributed by atoms with Crippen molar-refractivity contribution in [3.63, 3.8) is 0 Å². The monoisotopic (exact) mass is 408 g/mol. The van der Waals surface area contributed by atoms with E-state index >= 15 is 0 Å². The van der Waals surface area contributed by atoms with Gasteiger partial charge in [0.25, 0.3) is 5.56 Å². The van der Waals surface area contributed by atoms with Gasteiger partial charge in [0.1, 0.15) is 28.4 Å². The fourth-order valence-electron chi connectivity index (χ4n) is 3.13. The summed E-state index contributed by atoms with van der Waals surface area (Å²) >= 11 is 0. The zero-order valence-corrected chi connectivity index (χ0v) is 16.3. The molecule has 0 amide bonds. The Balaban J connectivity index is 2.22. The van der Waals surface area contributed by atoms with Crippen LogP contribution in [0.5, 0.6) is 11.5 Å². The average Bonchev–Trinajstić information content (AvgIpc) is 2.67. The third kappa shape index (κ3) is 3.88. The van der Waals surface area contributed by atoms with Crippen LogP contribution in [0.1, 0.15) is 46.0 Å². The van der Waals surface area contributed by atoms with E-state index in [1.165, 1.54) is 6.07 Å². The lowest BCUT2D eigenvalue weighted by atomic mass is 9.94. The number of hydrogen-bond acceptors (Lipinski definition) is 5. The highest BCUT2D eigenvalue weighted by Gasteiger charge is 2.28. The predicted molar refractivity (Wildman–Crippen MR) is 111 cm³/mol. The lowest BCUT2D eigenvalue weighted by Gasteiger charge is -2.16. The van der Waals surface area contributed by atoms with Crippen LogP contribution >= 0.6 is 0 Å². The van der Waals surface area contributed by atoms with Crippen LogP contribution in [0.15, 0.2) is 53.3 Å². The summed E-state index contributed by atoms with van der Waals surface area (Å²) in [6.45, 7) is 4.12. The molecule has 0 unspecified atom stereocenters. The number of nitrogens with one attached hydrogen (secondary N) is 1. The first-order valence-electron chi connectivity index (χ1n) is 9.10. The van der Waals surface area contributed by atoms with Crippen LogP contribution in [0.3, 0.4) is 0 Å². The number of carbonyl (C=O) groups is 2. The molecule has 3 aromatic rings. The summed E-state index contributed by atoms with van der Waals surface area (Å²) in [6, 6.07) is 13.6. The second kappa shape index (κ2) is 8.12. The number of ether oxygens (including phenoxy) is 1. The van der Waals surface area contributed by atoms with Crippen LogP contribution in [-0.2, 0) is 0 Å². The Bertz CT molecular complexity index is 1180. The van der Waals surface area contributed by atoms with Crippen LogP contribution in [0.25, 0.3) is 11.1 Å². The molecule has 154 valence electrons. The minimum Gasteiger partial charge on any atom is -0.478 e. The number of aromatic carboxylic acids is 2. The lowest BCUT2D eigenvalue weighted by molar-refractivity contribution is 0.0695. The number of aromatic amines is 1. The molecule has 8 heteroatoms. The molecular weight excluding hydrogens is 388 g/mol. The topological polar surface area (TPSA) is 143 Å². The van der Waals surface area contributed by atoms with Crippen molar-refractivity contribution in [1.29, 1.82) is 0 Å². The minimum atomic E-state index is -1.58. The van der Waals surface area contributed by atoms with E-state index in [4.69, 9.17) is 10.5 Å². The Hall–Kier alpha value is -4.07. The quantitative estimate of drug-likeness (QED) is 0.484. The Labute approximate surface area is 171 Å². The first kappa shape index (κ1) is 20.7. The van der Waals surface area contributed by atoms with Gasteiger partial charge in [0.2, 0.25) is 0 Å². The number of carboxylic acids is 2. The molecule has 1 aromatic heterocycles. The molecule has 5 N–H and O–H groups in total. The van der Waals surface area contributed by atoms with Gasteiger partial charge in [-0.15, -0.1) is 0 Å². The van der Waals surface area contributed by atoms with E-state index < -0.39 is 34.4 Å². The summed E-state index contributed by atoms with van der Waals surface area (Å²) < 4.78 is 5.91. The van der Waals surface area contributed by atoms with Crippen molar-refractivity contribution in [2.45, 2.75) is 19.8 Å². The number of aromatic nitrogens is 1. The Kier molecular flexibility index (Phi) is 5.59. The summed E-state index contributed by atoms with van der Waals surface area (Å²) in [5.41, 5.74) is 4.38. The molecule has 0 aliphatic carbocycles. The van der Waals surface area contributed by atoms with Gasteiger partial charge in [-0.05, 0) is 29.7 Å². The van der Waals surface area contributed by atoms with E-state index in [-0.39, 0.29) is 16.9 Å². The van der Waals surface area contributed by atoms with Gasteiger partial charge in [-0.1, -0.05) is 44.2 Å². The number of rotatable bonds is 6. The standard InChI is InChI=1S/C22H20N2O6/c1-11(2)12-7-9-13(10-8-12)30-15-6-4-3-5-14(15)16-17(21(26)27)19(23)24-20(25)18(16)22(28)29/h3-11H,1-2H3,(H,26,27)(H,28,29)(H3,23,24,25). The van der Waals surface area contributed by atoms with Crippen molar-refractivity contribution in [2.75, 3.05) is 5.73 Å². The molecule has 2 aromatic carbocycles. The van der Waals surface area contributed by atoms with Crippen molar-refractivity contribution in [1.82, 2.24) is 4.98 Å². The molecule has 0 aliphatic heterocycles. The van der Waals surface area contributed by atoms with Gasteiger partial charge in [-0.25, -0.2) is 9.59 Å². The van der Waals surface area contributed by atoms with E-state index in [1.807, 2.05) is 12.1 Å². The maximum atomic E-state index is 12.3. The van der Waals surface area contributed by atoms with E-state index in [9.17, 15) is 24.6 Å². The highest BCUT2D eigenvalue weighted by molar-refractivity contribution is 6.08. The number of pyridine rings is 1. The molecule has 0 fully saturated rings. The van der Waals surface area contributed by atoms with Crippen LogP contribution in [0, 0.1) is 0 Å². The lowest BCUT2D eigenvalue weighted by Crippen LogP contribution is -2.24. The van der Waals surface area contributed by atoms with Crippen molar-refractivity contribution in [3.8, 4) is 22.6 Å². The molecule has 3 rings (SSSR count). The largest absolute Gasteiger partial charge is 0.478 e. The number of anilines is 1. The van der Waals surface area contributed by atoms with Crippen LogP contribution in [0.4, 0.5) is 5.82 Å². The summed E-state index contributed by atoms with van der Waals surface area (Å²) in [4.78, 5) is 38.0. The number of hydrogen-bond donors (Lipinski definition) is 4. The highest BCUT2D eigenvalue weighted by Crippen LogP contribution is 2.38. The SMILES string of the molecule is CC(C)c1ccc(Oc2ccccc2-c2c(C(=O)O)c(N)[nH]c(=O)c2C(=O)O)cc1. The number of para-hydroxylation sites is 1. The fourth-order valence-corrected chi connectivity index (χ4v) is 3.13. The Morgan fingerprint density at radius 2 is 1.57 bits per heavy atom. The first-order chi connectivity index (χ1) is 14.2. The molecule has 0 aliphatic rings. The second-order valence-corrected chi connectivity index (χ2v) is 6.93. The molecule has 30 heavy (non-hydrogen) atoms. The van der Waals surface area contributed by atoms with E-state index in [2.05, 4.69) is 18.8 Å². The normalized spacial score (nSPS) is 10.8. The van der Waals surface area contributed by atoms with Gasteiger partial charge >= 0.3 is 11.9 Å². The minimum absolute atomic E-state index is 0.123. The van der Waals surface area contributed by atoms with E-state index in [0.29, 0.717) is 11.7 Å². The Morgan fingerprint density at radius 3 is 2.13 bits per heavy atom. The van der Waals surface area contributed by atoms with Crippen molar-refractivity contribution in [3.05, 3.63) is 75.6 Å². The molecule has 1 heterocycles. The van der Waals surface area contributed by atoms with Gasteiger partial charge in [0.15, 0.2) is 0 Å². The van der Waals surface area contributed by atoms with Crippen molar-refractivity contribution >= 4 is 17.8 Å². The van der Waals surface area contributed by atoms with E-state index in [0.717, 1.165) is 5.56 Å². The number of nitrogens with two attached hydrogens (primary N) is 1. The molecule has 0 saturated carbocycles. The van der Waals surface area contributed by atoms with Gasteiger partial charge in [0.05, 0.1) is 0 Å². The molecule has 0 spiro atoms. The highest BCUT2D eigenvalue weighted by atomic mass is 16.5. The van der Waals surface area contributed by atoms with Crippen molar-refractivity contribution in [2.24, 2.45) is 0 Å². The van der Waals surface area contributed by atoms with Gasteiger partial charge < -0.3 is 25.7 Å². The third-order valence-electron chi connectivity index (χ3n) is 4.60. The second-order valence-electron chi connectivity index (χ2n) is 6.93. The zero-order chi connectivity index (χ0) is 22.0. The van der Waals surface area contributed by atoms with Gasteiger partial charge in [-0.3, -0.25) is 4.79 Å². The maximum Gasteiger partial charge on any atom is 0.342 e. The van der Waals surface area contributed by atoms with Crippen molar-refractivity contribution < 1.29 is 24.5 Å².